The molecule has 0 bridgehead atoms. The molecule has 1 aliphatic rings. The van der Waals surface area contributed by atoms with Gasteiger partial charge in [0.05, 0.1) is 6.04 Å². The van der Waals surface area contributed by atoms with Crippen molar-refractivity contribution in [3.8, 4) is 0 Å². The Kier molecular flexibility index (Phi) is 5.54. The van der Waals surface area contributed by atoms with Crippen molar-refractivity contribution >= 4 is 23.4 Å². The summed E-state index contributed by atoms with van der Waals surface area (Å²) in [4.78, 5) is 26.2. The van der Waals surface area contributed by atoms with Crippen LogP contribution in [-0.2, 0) is 20.9 Å². The maximum Gasteiger partial charge on any atom is 0.251 e. The number of halogens is 2. The summed E-state index contributed by atoms with van der Waals surface area (Å²) in [5.74, 6) is -0.993. The average Bonchev–Trinajstić information content (AvgIpc) is 2.63. The fourth-order valence-electron chi connectivity index (χ4n) is 2.93. The molecule has 3 rings (SSSR count). The van der Waals surface area contributed by atoms with Crippen LogP contribution in [0.1, 0.15) is 17.2 Å². The molecule has 1 fully saturated rings. The van der Waals surface area contributed by atoms with Gasteiger partial charge in [-0.1, -0.05) is 48.0 Å². The molecule has 0 aliphatic carbocycles. The molecule has 2 aromatic rings. The summed E-state index contributed by atoms with van der Waals surface area (Å²) in [6.07, 6.45) is -0.848. The number of hydrogen-bond donors (Lipinski definition) is 1. The summed E-state index contributed by atoms with van der Waals surface area (Å²) in [5, 5.41) is 2.99. The predicted octanol–water partition coefficient (Wildman–Crippen LogP) is 2.69. The van der Waals surface area contributed by atoms with Crippen molar-refractivity contribution in [2.75, 3.05) is 13.7 Å². The number of nitrogens with one attached hydrogen (secondary N) is 1. The maximum absolute atomic E-state index is 13.1. The number of nitrogens with zero attached hydrogens (tertiary/aromatic N) is 1. The lowest BCUT2D eigenvalue weighted by Gasteiger charge is -2.38. The Balaban J connectivity index is 1.76. The van der Waals surface area contributed by atoms with Gasteiger partial charge in [0.25, 0.3) is 5.91 Å². The van der Waals surface area contributed by atoms with E-state index in [9.17, 15) is 14.0 Å². The highest BCUT2D eigenvalue weighted by Gasteiger charge is 2.39. The van der Waals surface area contributed by atoms with E-state index >= 15 is 0 Å². The fourth-order valence-corrected chi connectivity index (χ4v) is 3.16. The molecule has 0 saturated carbocycles. The van der Waals surface area contributed by atoms with E-state index in [-0.39, 0.29) is 30.0 Å². The third-order valence-corrected chi connectivity index (χ3v) is 4.70. The van der Waals surface area contributed by atoms with E-state index in [4.69, 9.17) is 16.3 Å². The number of likely N-dealkylation sites (N-methyl/N-ethyl adjacent to an activating group) is 1. The van der Waals surface area contributed by atoms with Gasteiger partial charge in [0, 0.05) is 18.6 Å². The van der Waals surface area contributed by atoms with Crippen molar-refractivity contribution in [1.82, 2.24) is 10.2 Å². The van der Waals surface area contributed by atoms with Crippen LogP contribution in [0.5, 0.6) is 0 Å². The Bertz CT molecular complexity index is 816. The summed E-state index contributed by atoms with van der Waals surface area (Å²) < 4.78 is 18.7. The molecule has 0 unspecified atom stereocenters. The third kappa shape index (κ3) is 3.86. The van der Waals surface area contributed by atoms with Crippen molar-refractivity contribution in [3.63, 3.8) is 0 Å². The van der Waals surface area contributed by atoms with Crippen LogP contribution >= 0.6 is 11.6 Å². The second-order valence-electron chi connectivity index (χ2n) is 6.05. The smallest absolute Gasteiger partial charge is 0.251 e. The summed E-state index contributed by atoms with van der Waals surface area (Å²) in [6.45, 7) is -0.0216. The quantitative estimate of drug-likeness (QED) is 0.892. The third-order valence-electron chi connectivity index (χ3n) is 4.35. The second-order valence-corrected chi connectivity index (χ2v) is 6.45. The van der Waals surface area contributed by atoms with Gasteiger partial charge >= 0.3 is 0 Å². The van der Waals surface area contributed by atoms with E-state index in [1.54, 1.807) is 7.05 Å². The van der Waals surface area contributed by atoms with Gasteiger partial charge in [0.1, 0.15) is 12.4 Å². The minimum atomic E-state index is -0.848. The van der Waals surface area contributed by atoms with Crippen LogP contribution in [0.3, 0.4) is 0 Å². The molecule has 0 spiro atoms. The Morgan fingerprint density at radius 2 is 2.04 bits per heavy atom. The van der Waals surface area contributed by atoms with E-state index in [1.165, 1.54) is 23.1 Å². The van der Waals surface area contributed by atoms with Crippen LogP contribution < -0.4 is 5.32 Å². The minimum Gasteiger partial charge on any atom is -0.356 e. The number of benzene rings is 2. The van der Waals surface area contributed by atoms with Crippen molar-refractivity contribution < 1.29 is 18.7 Å². The van der Waals surface area contributed by atoms with Gasteiger partial charge in [-0.2, -0.15) is 0 Å². The molecule has 1 N–H and O–H groups in total. The van der Waals surface area contributed by atoms with E-state index < -0.39 is 18.0 Å². The average molecular weight is 377 g/mol. The molecule has 5 nitrogen and oxygen atoms in total. The predicted molar refractivity (Wildman–Crippen MR) is 94.9 cm³/mol. The fraction of sp³-hybridized carbons (Fsp3) is 0.263. The Hall–Kier alpha value is -2.44. The summed E-state index contributed by atoms with van der Waals surface area (Å²) >= 11 is 5.99. The van der Waals surface area contributed by atoms with Gasteiger partial charge in [-0.05, 0) is 23.3 Å². The van der Waals surface area contributed by atoms with Crippen LogP contribution in [0.25, 0.3) is 0 Å². The van der Waals surface area contributed by atoms with Gasteiger partial charge in [-0.3, -0.25) is 9.59 Å². The molecule has 0 radical (unpaired) electrons. The van der Waals surface area contributed by atoms with Crippen LogP contribution in [-0.4, -0.2) is 36.5 Å². The molecule has 1 aliphatic heterocycles. The SMILES string of the molecule is CN1C(=O)CO[C@@H](C(=O)NCc2ccc(F)cc2Cl)[C@@H]1c1ccccc1. The number of carbonyl (C=O) groups excluding carboxylic acids is 2. The molecular formula is C19H18ClFN2O3. The van der Waals surface area contributed by atoms with E-state index in [0.717, 1.165) is 5.56 Å². The first kappa shape index (κ1) is 18.4. The Labute approximate surface area is 155 Å². The summed E-state index contributed by atoms with van der Waals surface area (Å²) in [5.41, 5.74) is 1.40. The van der Waals surface area contributed by atoms with Crippen LogP contribution in [0.15, 0.2) is 48.5 Å². The number of amides is 2. The van der Waals surface area contributed by atoms with Gasteiger partial charge < -0.3 is 15.0 Å². The zero-order valence-corrected chi connectivity index (χ0v) is 14.9. The molecule has 7 heteroatoms. The largest absolute Gasteiger partial charge is 0.356 e. The van der Waals surface area contributed by atoms with Gasteiger partial charge in [-0.25, -0.2) is 4.39 Å². The Morgan fingerprint density at radius 3 is 2.73 bits per heavy atom. The highest BCUT2D eigenvalue weighted by molar-refractivity contribution is 6.31. The number of ether oxygens (including phenoxy) is 1. The van der Waals surface area contributed by atoms with E-state index in [0.29, 0.717) is 5.56 Å². The number of carbonyl (C=O) groups is 2. The molecule has 0 aromatic heterocycles. The van der Waals surface area contributed by atoms with Gasteiger partial charge in [0.15, 0.2) is 6.10 Å². The second kappa shape index (κ2) is 7.85. The lowest BCUT2D eigenvalue weighted by Crippen LogP contribution is -2.52. The standard InChI is InChI=1S/C19H18ClFN2O3/c1-23-16(24)11-26-18(17(23)12-5-3-2-4-6-12)19(25)22-10-13-7-8-14(21)9-15(13)20/h2-9,17-18H,10-11H2,1H3,(H,22,25)/t17-,18+/m0/s1. The lowest BCUT2D eigenvalue weighted by atomic mass is 9.97. The molecule has 26 heavy (non-hydrogen) atoms. The van der Waals surface area contributed by atoms with E-state index in [2.05, 4.69) is 5.32 Å². The monoisotopic (exact) mass is 376 g/mol. The first-order chi connectivity index (χ1) is 12.5. The van der Waals surface area contributed by atoms with Crippen LogP contribution in [0.4, 0.5) is 4.39 Å². The molecule has 136 valence electrons. The first-order valence-corrected chi connectivity index (χ1v) is 8.49. The van der Waals surface area contributed by atoms with E-state index in [1.807, 2.05) is 30.3 Å². The molecule has 2 amide bonds. The van der Waals surface area contributed by atoms with Crippen LogP contribution in [0.2, 0.25) is 5.02 Å². The van der Waals surface area contributed by atoms with Crippen molar-refractivity contribution in [3.05, 3.63) is 70.5 Å². The minimum absolute atomic E-state index is 0.136. The van der Waals surface area contributed by atoms with Crippen molar-refractivity contribution in [1.29, 1.82) is 0 Å². The Morgan fingerprint density at radius 1 is 1.31 bits per heavy atom. The van der Waals surface area contributed by atoms with Gasteiger partial charge in [-0.15, -0.1) is 0 Å². The molecule has 1 heterocycles. The molecule has 1 saturated heterocycles. The van der Waals surface area contributed by atoms with Crippen molar-refractivity contribution in [2.24, 2.45) is 0 Å². The number of rotatable bonds is 4. The first-order valence-electron chi connectivity index (χ1n) is 8.11. The molecule has 2 aromatic carbocycles. The topological polar surface area (TPSA) is 58.6 Å². The molecular weight excluding hydrogens is 359 g/mol. The van der Waals surface area contributed by atoms with Gasteiger partial charge in [0.2, 0.25) is 5.91 Å². The zero-order valence-electron chi connectivity index (χ0n) is 14.1. The van der Waals surface area contributed by atoms with Crippen molar-refractivity contribution in [2.45, 2.75) is 18.7 Å². The summed E-state index contributed by atoms with van der Waals surface area (Å²) in [6, 6.07) is 12.7. The highest BCUT2D eigenvalue weighted by Crippen LogP contribution is 2.29. The maximum atomic E-state index is 13.1. The lowest BCUT2D eigenvalue weighted by molar-refractivity contribution is -0.162. The normalized spacial score (nSPS) is 20.1. The van der Waals surface area contributed by atoms with Crippen LogP contribution in [0, 0.1) is 5.82 Å². The number of morpholine rings is 1. The number of hydrogen-bond acceptors (Lipinski definition) is 3. The zero-order chi connectivity index (χ0) is 18.7. The summed E-state index contributed by atoms with van der Waals surface area (Å²) in [7, 11) is 1.65. The highest BCUT2D eigenvalue weighted by atomic mass is 35.5. The molecule has 2 atom stereocenters.